The molecule has 0 radical (unpaired) electrons. The zero-order valence-corrected chi connectivity index (χ0v) is 12.3. The van der Waals surface area contributed by atoms with Crippen molar-refractivity contribution in [1.82, 2.24) is 10.9 Å². The molecule has 8 heteroatoms. The van der Waals surface area contributed by atoms with E-state index in [9.17, 15) is 23.5 Å². The van der Waals surface area contributed by atoms with Crippen LogP contribution in [0.4, 0.5) is 8.78 Å². The lowest BCUT2D eigenvalue weighted by atomic mass is 10.1. The number of phenolic OH excluding ortho intramolecular Hbond substituents is 1. The van der Waals surface area contributed by atoms with Crippen molar-refractivity contribution in [3.63, 3.8) is 0 Å². The summed E-state index contributed by atoms with van der Waals surface area (Å²) in [5, 5.41) is 9.92. The van der Waals surface area contributed by atoms with Crippen LogP contribution in [0.3, 0.4) is 0 Å². The van der Waals surface area contributed by atoms with Crippen molar-refractivity contribution in [2.24, 2.45) is 0 Å². The van der Waals surface area contributed by atoms with Crippen LogP contribution in [0.15, 0.2) is 36.4 Å². The van der Waals surface area contributed by atoms with Crippen molar-refractivity contribution in [1.29, 1.82) is 0 Å². The Bertz CT molecular complexity index is 728. The molecule has 0 aliphatic rings. The first-order valence-corrected chi connectivity index (χ1v) is 6.76. The number of carbonyl (C=O) groups is 2. The largest absolute Gasteiger partial charge is 0.507 e. The standard InChI is InChI=1S/C15H11ClF2N2O3/c16-9-3-1-8(2-4-9)5-13(22)19-20-15(23)14-11(18)6-10(17)7-12(14)21/h1-4,6-7,21H,5H2,(H,19,22)(H,20,23). The molecule has 0 saturated carbocycles. The number of benzene rings is 2. The Morgan fingerprint density at radius 3 is 2.35 bits per heavy atom. The second kappa shape index (κ2) is 7.06. The maximum absolute atomic E-state index is 13.5. The Kier molecular flexibility index (Phi) is 5.13. The molecule has 0 heterocycles. The first kappa shape index (κ1) is 16.7. The summed E-state index contributed by atoms with van der Waals surface area (Å²) in [6.45, 7) is 0. The number of nitrogens with one attached hydrogen (secondary N) is 2. The average molecular weight is 341 g/mol. The number of halogens is 3. The van der Waals surface area contributed by atoms with Crippen LogP contribution < -0.4 is 10.9 Å². The number of aromatic hydroxyl groups is 1. The highest BCUT2D eigenvalue weighted by Crippen LogP contribution is 2.21. The maximum atomic E-state index is 13.5. The van der Waals surface area contributed by atoms with Gasteiger partial charge >= 0.3 is 0 Å². The van der Waals surface area contributed by atoms with E-state index in [0.29, 0.717) is 22.7 Å². The molecule has 0 spiro atoms. The van der Waals surface area contributed by atoms with Gasteiger partial charge in [-0.3, -0.25) is 20.4 Å². The fourth-order valence-electron chi connectivity index (χ4n) is 1.81. The van der Waals surface area contributed by atoms with Gasteiger partial charge < -0.3 is 5.11 Å². The molecule has 2 aromatic carbocycles. The van der Waals surface area contributed by atoms with E-state index >= 15 is 0 Å². The zero-order valence-electron chi connectivity index (χ0n) is 11.6. The van der Waals surface area contributed by atoms with E-state index in [1.807, 2.05) is 5.43 Å². The van der Waals surface area contributed by atoms with Gasteiger partial charge in [0.1, 0.15) is 22.9 Å². The third kappa shape index (κ3) is 4.40. The van der Waals surface area contributed by atoms with Crippen LogP contribution in [0.25, 0.3) is 0 Å². The summed E-state index contributed by atoms with van der Waals surface area (Å²) in [7, 11) is 0. The summed E-state index contributed by atoms with van der Waals surface area (Å²) in [5.74, 6) is -4.81. The fraction of sp³-hybridized carbons (Fsp3) is 0.0667. The number of rotatable bonds is 3. The second-order valence-corrected chi connectivity index (χ2v) is 5.02. The molecule has 2 amide bonds. The zero-order chi connectivity index (χ0) is 17.0. The van der Waals surface area contributed by atoms with E-state index < -0.39 is 34.8 Å². The highest BCUT2D eigenvalue weighted by atomic mass is 35.5. The SMILES string of the molecule is O=C(Cc1ccc(Cl)cc1)NNC(=O)c1c(O)cc(F)cc1F. The van der Waals surface area contributed by atoms with Gasteiger partial charge in [-0.25, -0.2) is 8.78 Å². The van der Waals surface area contributed by atoms with Gasteiger partial charge in [-0.15, -0.1) is 0 Å². The monoisotopic (exact) mass is 340 g/mol. The number of hydrogen-bond donors (Lipinski definition) is 3. The second-order valence-electron chi connectivity index (χ2n) is 4.59. The van der Waals surface area contributed by atoms with Gasteiger partial charge in [-0.05, 0) is 17.7 Å². The molecule has 2 aromatic rings. The van der Waals surface area contributed by atoms with Crippen molar-refractivity contribution >= 4 is 23.4 Å². The van der Waals surface area contributed by atoms with E-state index in [0.717, 1.165) is 0 Å². The van der Waals surface area contributed by atoms with Crippen molar-refractivity contribution in [3.8, 4) is 5.75 Å². The summed E-state index contributed by atoms with van der Waals surface area (Å²) < 4.78 is 26.3. The molecular formula is C15H11ClF2N2O3. The minimum Gasteiger partial charge on any atom is -0.507 e. The van der Waals surface area contributed by atoms with Crippen LogP contribution in [-0.2, 0) is 11.2 Å². The minimum absolute atomic E-state index is 0.0463. The summed E-state index contributed by atoms with van der Waals surface area (Å²) in [6.07, 6.45) is -0.0463. The van der Waals surface area contributed by atoms with Crippen LogP contribution >= 0.6 is 11.6 Å². The Balaban J connectivity index is 1.96. The van der Waals surface area contributed by atoms with E-state index in [4.69, 9.17) is 11.6 Å². The highest BCUT2D eigenvalue weighted by molar-refractivity contribution is 6.30. The van der Waals surface area contributed by atoms with Crippen LogP contribution in [-0.4, -0.2) is 16.9 Å². The molecule has 120 valence electrons. The topological polar surface area (TPSA) is 78.4 Å². The smallest absolute Gasteiger partial charge is 0.276 e. The van der Waals surface area contributed by atoms with Gasteiger partial charge in [0.2, 0.25) is 5.91 Å². The molecule has 2 rings (SSSR count). The number of phenols is 1. The minimum atomic E-state index is -1.24. The number of hydrazine groups is 1. The Hall–Kier alpha value is -2.67. The van der Waals surface area contributed by atoms with Crippen molar-refractivity contribution in [2.75, 3.05) is 0 Å². The third-order valence-corrected chi connectivity index (χ3v) is 3.11. The first-order chi connectivity index (χ1) is 10.9. The maximum Gasteiger partial charge on any atom is 0.276 e. The lowest BCUT2D eigenvalue weighted by molar-refractivity contribution is -0.121. The number of amides is 2. The van der Waals surface area contributed by atoms with Crippen molar-refractivity contribution < 1.29 is 23.5 Å². The van der Waals surface area contributed by atoms with Gasteiger partial charge in [0, 0.05) is 17.2 Å². The van der Waals surface area contributed by atoms with Gasteiger partial charge in [0.05, 0.1) is 6.42 Å². The Labute approximate surface area is 134 Å². The summed E-state index contributed by atoms with van der Waals surface area (Å²) in [4.78, 5) is 23.4. The average Bonchev–Trinajstić information content (AvgIpc) is 2.46. The molecule has 3 N–H and O–H groups in total. The molecule has 0 saturated heterocycles. The Morgan fingerprint density at radius 1 is 1.09 bits per heavy atom. The summed E-state index contributed by atoms with van der Waals surface area (Å²) in [6, 6.07) is 7.52. The van der Waals surface area contributed by atoms with Crippen LogP contribution in [0.2, 0.25) is 5.02 Å². The quantitative estimate of drug-likeness (QED) is 0.750. The lowest BCUT2D eigenvalue weighted by Crippen LogP contribution is -2.42. The molecule has 0 aromatic heterocycles. The fourth-order valence-corrected chi connectivity index (χ4v) is 1.93. The first-order valence-electron chi connectivity index (χ1n) is 6.38. The van der Waals surface area contributed by atoms with Gasteiger partial charge in [-0.2, -0.15) is 0 Å². The molecule has 0 fully saturated rings. The molecule has 0 bridgehead atoms. The van der Waals surface area contributed by atoms with E-state index in [-0.39, 0.29) is 6.42 Å². The summed E-state index contributed by atoms with van der Waals surface area (Å²) >= 11 is 5.72. The predicted molar refractivity (Wildman–Crippen MR) is 78.8 cm³/mol. The van der Waals surface area contributed by atoms with Crippen molar-refractivity contribution in [3.05, 3.63) is 64.2 Å². The van der Waals surface area contributed by atoms with Gasteiger partial charge in [0.25, 0.3) is 5.91 Å². The van der Waals surface area contributed by atoms with Gasteiger partial charge in [-0.1, -0.05) is 23.7 Å². The molecule has 5 nitrogen and oxygen atoms in total. The van der Waals surface area contributed by atoms with E-state index in [1.165, 1.54) is 0 Å². The van der Waals surface area contributed by atoms with Crippen molar-refractivity contribution in [2.45, 2.75) is 6.42 Å². The Morgan fingerprint density at radius 2 is 1.74 bits per heavy atom. The molecular weight excluding hydrogens is 330 g/mol. The molecule has 0 aliphatic carbocycles. The summed E-state index contributed by atoms with van der Waals surface area (Å²) in [5.41, 5.74) is 3.90. The van der Waals surface area contributed by atoms with Crippen LogP contribution in [0, 0.1) is 11.6 Å². The predicted octanol–water partition coefficient (Wildman–Crippen LogP) is 2.33. The third-order valence-electron chi connectivity index (χ3n) is 2.85. The molecule has 0 aliphatic heterocycles. The van der Waals surface area contributed by atoms with Crippen LogP contribution in [0.1, 0.15) is 15.9 Å². The molecule has 0 atom stereocenters. The molecule has 23 heavy (non-hydrogen) atoms. The number of hydrogen-bond acceptors (Lipinski definition) is 3. The van der Waals surface area contributed by atoms with E-state index in [1.54, 1.807) is 24.3 Å². The van der Waals surface area contributed by atoms with Gasteiger partial charge in [0.15, 0.2) is 0 Å². The van der Waals surface area contributed by atoms with Crippen LogP contribution in [0.5, 0.6) is 5.75 Å². The lowest BCUT2D eigenvalue weighted by Gasteiger charge is -2.09. The number of carbonyl (C=O) groups excluding carboxylic acids is 2. The normalized spacial score (nSPS) is 10.2. The highest BCUT2D eigenvalue weighted by Gasteiger charge is 2.19. The molecule has 0 unspecified atom stereocenters. The van der Waals surface area contributed by atoms with E-state index in [2.05, 4.69) is 5.43 Å².